The average molecular weight is 253 g/mol. The Morgan fingerprint density at radius 2 is 2.28 bits per heavy atom. The first-order valence-electron chi connectivity index (χ1n) is 6.86. The van der Waals surface area contributed by atoms with E-state index in [4.69, 9.17) is 0 Å². The van der Waals surface area contributed by atoms with Gasteiger partial charge in [0.15, 0.2) is 5.82 Å². The van der Waals surface area contributed by atoms with Crippen LogP contribution in [-0.4, -0.2) is 49.4 Å². The molecule has 1 fully saturated rings. The summed E-state index contributed by atoms with van der Waals surface area (Å²) in [6.45, 7) is 7.78. The molecule has 2 heterocycles. The molecular weight excluding hydrogens is 230 g/mol. The minimum Gasteiger partial charge on any atom is -0.393 e. The number of nitrogens with zero attached hydrogens (tertiary/aromatic N) is 5. The van der Waals surface area contributed by atoms with E-state index in [9.17, 15) is 5.11 Å². The largest absolute Gasteiger partial charge is 0.393 e. The van der Waals surface area contributed by atoms with Gasteiger partial charge in [-0.2, -0.15) is 0 Å². The zero-order valence-corrected chi connectivity index (χ0v) is 11.3. The van der Waals surface area contributed by atoms with Crippen LogP contribution in [0.1, 0.15) is 38.9 Å². The lowest BCUT2D eigenvalue weighted by atomic mass is 9.97. The molecule has 0 aliphatic carbocycles. The van der Waals surface area contributed by atoms with Crippen LogP contribution >= 0.6 is 0 Å². The number of hydrogen-bond donors (Lipinski definition) is 1. The van der Waals surface area contributed by atoms with Gasteiger partial charge >= 0.3 is 0 Å². The van der Waals surface area contributed by atoms with Gasteiger partial charge in [-0.15, -0.1) is 5.10 Å². The molecule has 18 heavy (non-hydrogen) atoms. The lowest BCUT2D eigenvalue weighted by Crippen LogP contribution is -2.41. The molecule has 0 bridgehead atoms. The number of aliphatic hydroxyl groups is 1. The van der Waals surface area contributed by atoms with Crippen molar-refractivity contribution in [2.45, 2.75) is 52.3 Å². The number of hydrogen-bond acceptors (Lipinski definition) is 5. The molecule has 1 saturated heterocycles. The van der Waals surface area contributed by atoms with Crippen LogP contribution in [0.15, 0.2) is 0 Å². The van der Waals surface area contributed by atoms with Crippen LogP contribution in [0.4, 0.5) is 0 Å². The Balaban J connectivity index is 1.91. The van der Waals surface area contributed by atoms with E-state index in [1.54, 1.807) is 0 Å². The molecule has 0 amide bonds. The Morgan fingerprint density at radius 1 is 1.44 bits per heavy atom. The number of likely N-dealkylation sites (tertiary alicyclic amines) is 1. The van der Waals surface area contributed by atoms with Crippen LogP contribution in [0.25, 0.3) is 0 Å². The summed E-state index contributed by atoms with van der Waals surface area (Å²) in [6.07, 6.45) is 2.94. The quantitative estimate of drug-likeness (QED) is 0.835. The third-order valence-corrected chi connectivity index (χ3v) is 3.64. The van der Waals surface area contributed by atoms with Crippen molar-refractivity contribution in [2.75, 3.05) is 13.1 Å². The highest BCUT2D eigenvalue weighted by atomic mass is 16.3. The third-order valence-electron chi connectivity index (χ3n) is 3.64. The van der Waals surface area contributed by atoms with Gasteiger partial charge in [0.1, 0.15) is 0 Å². The highest BCUT2D eigenvalue weighted by Gasteiger charge is 2.25. The predicted molar refractivity (Wildman–Crippen MR) is 67.8 cm³/mol. The molecule has 2 rings (SSSR count). The second-order valence-electron chi connectivity index (χ2n) is 5.24. The summed E-state index contributed by atoms with van der Waals surface area (Å²) in [5.41, 5.74) is 0. The monoisotopic (exact) mass is 253 g/mol. The van der Waals surface area contributed by atoms with Crippen molar-refractivity contribution in [3.8, 4) is 0 Å². The van der Waals surface area contributed by atoms with E-state index in [1.165, 1.54) is 0 Å². The zero-order chi connectivity index (χ0) is 13.0. The number of aromatic nitrogens is 4. The number of aryl methyl sites for hydroxylation is 1. The Hall–Kier alpha value is -1.01. The molecule has 1 aliphatic heterocycles. The summed E-state index contributed by atoms with van der Waals surface area (Å²) in [4.78, 5) is 2.32. The maximum Gasteiger partial charge on any atom is 0.165 e. The molecular formula is C12H23N5O. The first kappa shape index (κ1) is 13.4. The van der Waals surface area contributed by atoms with E-state index in [-0.39, 0.29) is 6.10 Å². The molecule has 0 aromatic carbocycles. The second kappa shape index (κ2) is 6.24. The molecule has 1 aliphatic rings. The molecule has 1 aromatic heterocycles. The van der Waals surface area contributed by atoms with Gasteiger partial charge in [0, 0.05) is 19.6 Å². The smallest absolute Gasteiger partial charge is 0.165 e. The molecule has 0 radical (unpaired) electrons. The maximum absolute atomic E-state index is 9.72. The second-order valence-corrected chi connectivity index (χ2v) is 5.24. The van der Waals surface area contributed by atoms with Crippen LogP contribution in [0.2, 0.25) is 0 Å². The van der Waals surface area contributed by atoms with Crippen LogP contribution in [-0.2, 0) is 13.1 Å². The first-order chi connectivity index (χ1) is 8.70. The summed E-state index contributed by atoms with van der Waals surface area (Å²) >= 11 is 0. The average Bonchev–Trinajstić information content (AvgIpc) is 2.79. The Labute approximate surface area is 108 Å². The number of piperidine rings is 1. The van der Waals surface area contributed by atoms with Crippen molar-refractivity contribution in [1.29, 1.82) is 0 Å². The van der Waals surface area contributed by atoms with E-state index < -0.39 is 0 Å². The van der Waals surface area contributed by atoms with Crippen molar-refractivity contribution >= 4 is 0 Å². The lowest BCUT2D eigenvalue weighted by Gasteiger charge is -2.33. The van der Waals surface area contributed by atoms with Gasteiger partial charge in [-0.3, -0.25) is 4.90 Å². The lowest BCUT2D eigenvalue weighted by molar-refractivity contribution is 0.0305. The summed E-state index contributed by atoms with van der Waals surface area (Å²) < 4.78 is 1.90. The van der Waals surface area contributed by atoms with Crippen LogP contribution < -0.4 is 0 Å². The fraction of sp³-hybridized carbons (Fsp3) is 0.917. The summed E-state index contributed by atoms with van der Waals surface area (Å²) in [5, 5.41) is 21.6. The molecule has 2 unspecified atom stereocenters. The standard InChI is InChI=1S/C12H23N5O/c1-3-4-6-17-12(13-14-15-17)9-16-7-5-11(18)10(2)8-16/h10-11,18H,3-9H2,1-2H3. The fourth-order valence-corrected chi connectivity index (χ4v) is 2.38. The first-order valence-corrected chi connectivity index (χ1v) is 6.86. The predicted octanol–water partition coefficient (Wildman–Crippen LogP) is 0.676. The van der Waals surface area contributed by atoms with Crippen molar-refractivity contribution in [1.82, 2.24) is 25.1 Å². The van der Waals surface area contributed by atoms with Gasteiger partial charge in [0.05, 0.1) is 12.6 Å². The minimum atomic E-state index is -0.155. The summed E-state index contributed by atoms with van der Waals surface area (Å²) in [5.74, 6) is 1.27. The van der Waals surface area contributed by atoms with Crippen LogP contribution in [0.3, 0.4) is 0 Å². The van der Waals surface area contributed by atoms with E-state index in [2.05, 4.69) is 34.3 Å². The van der Waals surface area contributed by atoms with Gasteiger partial charge in [-0.05, 0) is 29.2 Å². The molecule has 1 N–H and O–H groups in total. The Bertz CT molecular complexity index is 367. The maximum atomic E-state index is 9.72. The van der Waals surface area contributed by atoms with Gasteiger partial charge in [-0.25, -0.2) is 4.68 Å². The topological polar surface area (TPSA) is 67.1 Å². The van der Waals surface area contributed by atoms with E-state index in [0.717, 1.165) is 51.3 Å². The molecule has 6 heteroatoms. The Kier molecular flexibility index (Phi) is 4.66. The molecule has 0 saturated carbocycles. The molecule has 2 atom stereocenters. The molecule has 0 spiro atoms. The minimum absolute atomic E-state index is 0.155. The molecule has 6 nitrogen and oxygen atoms in total. The molecule has 102 valence electrons. The van der Waals surface area contributed by atoms with E-state index >= 15 is 0 Å². The molecule has 1 aromatic rings. The van der Waals surface area contributed by atoms with E-state index in [1.807, 2.05) is 4.68 Å². The van der Waals surface area contributed by atoms with Crippen LogP contribution in [0, 0.1) is 5.92 Å². The number of unbranched alkanes of at least 4 members (excludes halogenated alkanes) is 1. The van der Waals surface area contributed by atoms with Gasteiger partial charge in [0.25, 0.3) is 0 Å². The van der Waals surface area contributed by atoms with Gasteiger partial charge < -0.3 is 5.11 Å². The zero-order valence-electron chi connectivity index (χ0n) is 11.3. The number of tetrazole rings is 1. The van der Waals surface area contributed by atoms with Gasteiger partial charge in [0.2, 0.25) is 0 Å². The number of aliphatic hydroxyl groups excluding tert-OH is 1. The SMILES string of the molecule is CCCCn1nnnc1CN1CCC(O)C(C)C1. The highest BCUT2D eigenvalue weighted by Crippen LogP contribution is 2.17. The fourth-order valence-electron chi connectivity index (χ4n) is 2.38. The summed E-state index contributed by atoms with van der Waals surface area (Å²) in [7, 11) is 0. The normalized spacial score (nSPS) is 25.5. The van der Waals surface area contributed by atoms with Crippen molar-refractivity contribution < 1.29 is 5.11 Å². The van der Waals surface area contributed by atoms with Crippen molar-refractivity contribution in [3.63, 3.8) is 0 Å². The van der Waals surface area contributed by atoms with Crippen molar-refractivity contribution in [3.05, 3.63) is 5.82 Å². The van der Waals surface area contributed by atoms with Gasteiger partial charge in [-0.1, -0.05) is 20.3 Å². The van der Waals surface area contributed by atoms with Crippen molar-refractivity contribution in [2.24, 2.45) is 5.92 Å². The van der Waals surface area contributed by atoms with E-state index in [0.29, 0.717) is 5.92 Å². The van der Waals surface area contributed by atoms with Crippen LogP contribution in [0.5, 0.6) is 0 Å². The third kappa shape index (κ3) is 3.26. The number of rotatable bonds is 5. The summed E-state index contributed by atoms with van der Waals surface area (Å²) in [6, 6.07) is 0. The highest BCUT2D eigenvalue weighted by molar-refractivity contribution is 4.85. The Morgan fingerprint density at radius 3 is 3.00 bits per heavy atom.